The molecule has 0 atom stereocenters. The summed E-state index contributed by atoms with van der Waals surface area (Å²) in [4.78, 5) is 13.6. The van der Waals surface area contributed by atoms with Crippen LogP contribution in [-0.2, 0) is 14.6 Å². The monoisotopic (exact) mass is 355 g/mol. The van der Waals surface area contributed by atoms with Gasteiger partial charge in [-0.1, -0.05) is 13.8 Å². The molecule has 1 amide bonds. The first-order valence-electron chi connectivity index (χ1n) is 8.42. The van der Waals surface area contributed by atoms with Crippen LogP contribution in [0.3, 0.4) is 0 Å². The summed E-state index contributed by atoms with van der Waals surface area (Å²) >= 11 is 0. The highest BCUT2D eigenvalue weighted by Crippen LogP contribution is 2.16. The second-order valence-corrected chi connectivity index (χ2v) is 7.76. The minimum absolute atomic E-state index is 0.116. The third-order valence-electron chi connectivity index (χ3n) is 3.80. The first-order valence-corrected chi connectivity index (χ1v) is 10.1. The second-order valence-electron chi connectivity index (χ2n) is 5.65. The van der Waals surface area contributed by atoms with Gasteiger partial charge in [-0.25, -0.2) is 8.42 Å². The lowest BCUT2D eigenvalue weighted by atomic mass is 10.3. The van der Waals surface area contributed by atoms with Crippen molar-refractivity contribution >= 4 is 21.4 Å². The normalized spacial score (nSPS) is 11.7. The standard InChI is InChI=1S/C17H29N3O3S/c1-4-20(5-2)13-12-18-11-6-14-24(22,23)17-9-7-16(8-10-17)19-15(3)21/h7-10,18H,4-6,11-14H2,1-3H3,(H,19,21). The topological polar surface area (TPSA) is 78.5 Å². The summed E-state index contributed by atoms with van der Waals surface area (Å²) in [6, 6.07) is 6.29. The molecule has 1 rings (SSSR count). The second kappa shape index (κ2) is 10.4. The van der Waals surface area contributed by atoms with Crippen molar-refractivity contribution < 1.29 is 13.2 Å². The van der Waals surface area contributed by atoms with Gasteiger partial charge in [-0.05, 0) is 50.3 Å². The number of nitrogens with zero attached hydrogens (tertiary/aromatic N) is 1. The summed E-state index contributed by atoms with van der Waals surface area (Å²) < 4.78 is 24.6. The largest absolute Gasteiger partial charge is 0.326 e. The molecule has 0 spiro atoms. The van der Waals surface area contributed by atoms with Crippen molar-refractivity contribution in [1.29, 1.82) is 0 Å². The van der Waals surface area contributed by atoms with Crippen molar-refractivity contribution in [2.24, 2.45) is 0 Å². The molecule has 1 aromatic carbocycles. The van der Waals surface area contributed by atoms with E-state index in [-0.39, 0.29) is 11.7 Å². The van der Waals surface area contributed by atoms with Crippen molar-refractivity contribution in [3.63, 3.8) is 0 Å². The Morgan fingerprint density at radius 3 is 2.25 bits per heavy atom. The van der Waals surface area contributed by atoms with Crippen molar-refractivity contribution in [2.75, 3.05) is 43.8 Å². The van der Waals surface area contributed by atoms with Gasteiger partial charge in [0.25, 0.3) is 0 Å². The first-order chi connectivity index (χ1) is 11.4. The van der Waals surface area contributed by atoms with E-state index in [0.29, 0.717) is 23.5 Å². The molecule has 0 radical (unpaired) electrons. The maximum absolute atomic E-state index is 12.3. The summed E-state index contributed by atoms with van der Waals surface area (Å²) in [5.74, 6) is -0.0634. The molecule has 0 saturated carbocycles. The smallest absolute Gasteiger partial charge is 0.221 e. The van der Waals surface area contributed by atoms with Gasteiger partial charge in [-0.2, -0.15) is 0 Å². The quantitative estimate of drug-likeness (QED) is 0.591. The van der Waals surface area contributed by atoms with Crippen molar-refractivity contribution in [2.45, 2.75) is 32.1 Å². The van der Waals surface area contributed by atoms with Crippen LogP contribution in [0.1, 0.15) is 27.2 Å². The van der Waals surface area contributed by atoms with Crippen LogP contribution in [-0.4, -0.2) is 57.7 Å². The SMILES string of the molecule is CCN(CC)CCNCCCS(=O)(=O)c1ccc(NC(C)=O)cc1. The summed E-state index contributed by atoms with van der Waals surface area (Å²) in [6.45, 7) is 10.3. The van der Waals surface area contributed by atoms with Crippen molar-refractivity contribution in [3.05, 3.63) is 24.3 Å². The highest BCUT2D eigenvalue weighted by atomic mass is 32.2. The fourth-order valence-corrected chi connectivity index (χ4v) is 3.67. The van der Waals surface area contributed by atoms with Gasteiger partial charge in [0.15, 0.2) is 9.84 Å². The third-order valence-corrected chi connectivity index (χ3v) is 5.62. The maximum atomic E-state index is 12.3. The summed E-state index contributed by atoms with van der Waals surface area (Å²) in [5, 5.41) is 5.91. The number of hydrogen-bond acceptors (Lipinski definition) is 5. The van der Waals surface area contributed by atoms with Crippen LogP contribution in [0.15, 0.2) is 29.2 Å². The Balaban J connectivity index is 2.37. The molecule has 0 aliphatic heterocycles. The Kier molecular flexibility index (Phi) is 8.95. The number of hydrogen-bond donors (Lipinski definition) is 2. The van der Waals surface area contributed by atoms with Crippen LogP contribution in [0.4, 0.5) is 5.69 Å². The van der Waals surface area contributed by atoms with Crippen LogP contribution in [0.5, 0.6) is 0 Å². The number of rotatable bonds is 11. The molecule has 1 aromatic rings. The Hall–Kier alpha value is -1.44. The van der Waals surface area contributed by atoms with E-state index in [1.165, 1.54) is 19.1 Å². The molecule has 136 valence electrons. The van der Waals surface area contributed by atoms with Gasteiger partial charge >= 0.3 is 0 Å². The van der Waals surface area contributed by atoms with Gasteiger partial charge in [0.2, 0.25) is 5.91 Å². The molecule has 0 bridgehead atoms. The number of carbonyl (C=O) groups is 1. The molecule has 7 heteroatoms. The van der Waals surface area contributed by atoms with Gasteiger partial charge in [0, 0.05) is 25.7 Å². The van der Waals surface area contributed by atoms with E-state index in [9.17, 15) is 13.2 Å². The van der Waals surface area contributed by atoms with E-state index in [0.717, 1.165) is 26.2 Å². The Labute approximate surface area is 145 Å². The molecule has 6 nitrogen and oxygen atoms in total. The van der Waals surface area contributed by atoms with E-state index >= 15 is 0 Å². The lowest BCUT2D eigenvalue weighted by Crippen LogP contribution is -2.32. The van der Waals surface area contributed by atoms with Crippen molar-refractivity contribution in [1.82, 2.24) is 10.2 Å². The molecule has 2 N–H and O–H groups in total. The zero-order valence-electron chi connectivity index (χ0n) is 14.8. The number of likely N-dealkylation sites (N-methyl/N-ethyl adjacent to an activating group) is 1. The first kappa shape index (κ1) is 20.6. The summed E-state index contributed by atoms with van der Waals surface area (Å²) in [7, 11) is -3.28. The van der Waals surface area contributed by atoms with E-state index in [4.69, 9.17) is 0 Å². The summed E-state index contributed by atoms with van der Waals surface area (Å²) in [5.41, 5.74) is 0.597. The van der Waals surface area contributed by atoms with Crippen LogP contribution >= 0.6 is 0 Å². The fourth-order valence-electron chi connectivity index (χ4n) is 2.36. The van der Waals surface area contributed by atoms with Crippen LogP contribution in [0, 0.1) is 0 Å². The predicted molar refractivity (Wildman–Crippen MR) is 98.1 cm³/mol. The van der Waals surface area contributed by atoms with E-state index in [1.54, 1.807) is 12.1 Å². The number of anilines is 1. The molecular formula is C17H29N3O3S. The Bertz CT molecular complexity index is 596. The molecule has 0 heterocycles. The van der Waals surface area contributed by atoms with Gasteiger partial charge in [0.05, 0.1) is 10.6 Å². The van der Waals surface area contributed by atoms with Crippen molar-refractivity contribution in [3.8, 4) is 0 Å². The van der Waals surface area contributed by atoms with Gasteiger partial charge < -0.3 is 15.5 Å². The molecule has 0 saturated heterocycles. The number of nitrogens with one attached hydrogen (secondary N) is 2. The number of benzene rings is 1. The van der Waals surface area contributed by atoms with Gasteiger partial charge in [-0.15, -0.1) is 0 Å². The van der Waals surface area contributed by atoms with E-state index in [2.05, 4.69) is 29.4 Å². The van der Waals surface area contributed by atoms with Crippen LogP contribution in [0.2, 0.25) is 0 Å². The molecule has 0 aliphatic carbocycles. The lowest BCUT2D eigenvalue weighted by Gasteiger charge is -2.17. The molecule has 0 unspecified atom stereocenters. The van der Waals surface area contributed by atoms with E-state index in [1.807, 2.05) is 0 Å². The highest BCUT2D eigenvalue weighted by molar-refractivity contribution is 7.91. The fraction of sp³-hybridized carbons (Fsp3) is 0.588. The predicted octanol–water partition coefficient (Wildman–Crippen LogP) is 1.74. The minimum atomic E-state index is -3.28. The van der Waals surface area contributed by atoms with Crippen LogP contribution in [0.25, 0.3) is 0 Å². The third kappa shape index (κ3) is 7.42. The van der Waals surface area contributed by atoms with E-state index < -0.39 is 9.84 Å². The molecule has 24 heavy (non-hydrogen) atoms. The molecular weight excluding hydrogens is 326 g/mol. The number of carbonyl (C=O) groups excluding carboxylic acids is 1. The summed E-state index contributed by atoms with van der Waals surface area (Å²) in [6.07, 6.45) is 0.577. The zero-order chi connectivity index (χ0) is 18.0. The Morgan fingerprint density at radius 2 is 1.71 bits per heavy atom. The molecule has 0 aliphatic rings. The zero-order valence-corrected chi connectivity index (χ0v) is 15.7. The average Bonchev–Trinajstić information content (AvgIpc) is 2.54. The highest BCUT2D eigenvalue weighted by Gasteiger charge is 2.13. The number of amides is 1. The van der Waals surface area contributed by atoms with Gasteiger partial charge in [0.1, 0.15) is 0 Å². The van der Waals surface area contributed by atoms with Crippen LogP contribution < -0.4 is 10.6 Å². The lowest BCUT2D eigenvalue weighted by molar-refractivity contribution is -0.114. The van der Waals surface area contributed by atoms with Gasteiger partial charge in [-0.3, -0.25) is 4.79 Å². The average molecular weight is 356 g/mol. The number of sulfone groups is 1. The molecule has 0 aromatic heterocycles. The molecule has 0 fully saturated rings. The Morgan fingerprint density at radius 1 is 1.08 bits per heavy atom. The maximum Gasteiger partial charge on any atom is 0.221 e. The minimum Gasteiger partial charge on any atom is -0.326 e.